The predicted octanol–water partition coefficient (Wildman–Crippen LogP) is 3.19. The summed E-state index contributed by atoms with van der Waals surface area (Å²) in [6, 6.07) is 4.93. The molecule has 0 radical (unpaired) electrons. The number of aromatic amines is 1. The Kier molecular flexibility index (Phi) is 4.50. The van der Waals surface area contributed by atoms with Crippen molar-refractivity contribution < 1.29 is 9.13 Å². The number of rotatable bonds is 5. The van der Waals surface area contributed by atoms with Crippen LogP contribution in [0.5, 0.6) is 5.75 Å². The minimum Gasteiger partial charge on any atom is -0.494 e. The van der Waals surface area contributed by atoms with Crippen molar-refractivity contribution >= 4 is 0 Å². The SMILES string of the molecule is CCOc1ccc(Cc2c(C)n(C(C)C)[nH]c2=O)c(F)c1. The molecule has 0 aliphatic rings. The molecule has 0 saturated carbocycles. The van der Waals surface area contributed by atoms with Crippen LogP contribution >= 0.6 is 0 Å². The third-order valence-electron chi connectivity index (χ3n) is 3.51. The molecule has 1 heterocycles. The van der Waals surface area contributed by atoms with Gasteiger partial charge in [-0.05, 0) is 39.3 Å². The van der Waals surface area contributed by atoms with Crippen molar-refractivity contribution in [3.05, 3.63) is 51.2 Å². The Morgan fingerprint density at radius 3 is 2.62 bits per heavy atom. The van der Waals surface area contributed by atoms with Crippen molar-refractivity contribution in [2.24, 2.45) is 0 Å². The second-order valence-corrected chi connectivity index (χ2v) is 5.33. The van der Waals surface area contributed by atoms with E-state index in [0.29, 0.717) is 23.5 Å². The Balaban J connectivity index is 2.33. The van der Waals surface area contributed by atoms with Gasteiger partial charge in [0.05, 0.1) is 6.61 Å². The minimum atomic E-state index is -0.350. The summed E-state index contributed by atoms with van der Waals surface area (Å²) in [5.74, 6) is 0.154. The van der Waals surface area contributed by atoms with Crippen LogP contribution in [0.2, 0.25) is 0 Å². The summed E-state index contributed by atoms with van der Waals surface area (Å²) in [4.78, 5) is 12.0. The van der Waals surface area contributed by atoms with E-state index in [2.05, 4.69) is 5.10 Å². The highest BCUT2D eigenvalue weighted by Gasteiger charge is 2.15. The molecule has 5 heteroatoms. The lowest BCUT2D eigenvalue weighted by atomic mass is 10.0. The van der Waals surface area contributed by atoms with Gasteiger partial charge in [-0.25, -0.2) is 4.39 Å². The Bertz CT molecular complexity index is 686. The summed E-state index contributed by atoms with van der Waals surface area (Å²) in [6.45, 7) is 8.20. The summed E-state index contributed by atoms with van der Waals surface area (Å²) < 4.78 is 21.2. The molecule has 0 aliphatic carbocycles. The van der Waals surface area contributed by atoms with Crippen molar-refractivity contribution in [2.75, 3.05) is 6.61 Å². The number of nitrogens with zero attached hydrogens (tertiary/aromatic N) is 1. The lowest BCUT2D eigenvalue weighted by Crippen LogP contribution is -2.09. The molecule has 1 N–H and O–H groups in total. The maximum Gasteiger partial charge on any atom is 0.267 e. The highest BCUT2D eigenvalue weighted by molar-refractivity contribution is 5.33. The summed E-state index contributed by atoms with van der Waals surface area (Å²) in [5.41, 5.74) is 1.79. The van der Waals surface area contributed by atoms with Gasteiger partial charge >= 0.3 is 0 Å². The highest BCUT2D eigenvalue weighted by atomic mass is 19.1. The summed E-state index contributed by atoms with van der Waals surface area (Å²) in [6.07, 6.45) is 0.277. The summed E-state index contributed by atoms with van der Waals surface area (Å²) in [7, 11) is 0. The van der Waals surface area contributed by atoms with E-state index in [-0.39, 0.29) is 23.8 Å². The fourth-order valence-electron chi connectivity index (χ4n) is 2.41. The van der Waals surface area contributed by atoms with Crippen molar-refractivity contribution in [1.82, 2.24) is 9.78 Å². The van der Waals surface area contributed by atoms with E-state index >= 15 is 0 Å². The van der Waals surface area contributed by atoms with Crippen molar-refractivity contribution in [3.8, 4) is 5.75 Å². The molecule has 0 fully saturated rings. The van der Waals surface area contributed by atoms with E-state index in [4.69, 9.17) is 4.74 Å². The predicted molar refractivity (Wildman–Crippen MR) is 80.5 cm³/mol. The van der Waals surface area contributed by atoms with E-state index < -0.39 is 0 Å². The van der Waals surface area contributed by atoms with Crippen LogP contribution in [0, 0.1) is 12.7 Å². The van der Waals surface area contributed by atoms with Crippen LogP contribution in [0.3, 0.4) is 0 Å². The third-order valence-corrected chi connectivity index (χ3v) is 3.51. The maximum atomic E-state index is 14.1. The Labute approximate surface area is 123 Å². The Morgan fingerprint density at radius 2 is 2.10 bits per heavy atom. The highest BCUT2D eigenvalue weighted by Crippen LogP contribution is 2.20. The lowest BCUT2D eigenvalue weighted by Gasteiger charge is -2.10. The van der Waals surface area contributed by atoms with Gasteiger partial charge in [-0.3, -0.25) is 14.6 Å². The first-order valence-corrected chi connectivity index (χ1v) is 7.15. The normalized spacial score (nSPS) is 11.1. The largest absolute Gasteiger partial charge is 0.494 e. The molecule has 0 amide bonds. The first-order valence-electron chi connectivity index (χ1n) is 7.15. The Hall–Kier alpha value is -2.04. The average molecular weight is 292 g/mol. The molecule has 0 spiro atoms. The standard InChI is InChI=1S/C16H21FN2O2/c1-5-21-13-7-6-12(15(17)9-13)8-14-11(4)19(10(2)3)18-16(14)20/h6-7,9-10H,5,8H2,1-4H3,(H,18,20). The number of H-pyrrole nitrogens is 1. The van der Waals surface area contributed by atoms with Crippen LogP contribution in [-0.2, 0) is 6.42 Å². The first-order chi connectivity index (χ1) is 9.93. The first kappa shape index (κ1) is 15.4. The minimum absolute atomic E-state index is 0.158. The smallest absolute Gasteiger partial charge is 0.267 e. The van der Waals surface area contributed by atoms with E-state index in [1.807, 2.05) is 32.4 Å². The molecule has 114 valence electrons. The zero-order valence-corrected chi connectivity index (χ0v) is 12.9. The summed E-state index contributed by atoms with van der Waals surface area (Å²) in [5, 5.41) is 2.80. The van der Waals surface area contributed by atoms with Gasteiger partial charge < -0.3 is 4.74 Å². The molecule has 0 aliphatic heterocycles. The van der Waals surface area contributed by atoms with E-state index in [1.54, 1.807) is 12.1 Å². The molecule has 0 unspecified atom stereocenters. The van der Waals surface area contributed by atoms with Crippen LogP contribution < -0.4 is 10.3 Å². The molecule has 2 rings (SSSR count). The number of hydrogen-bond donors (Lipinski definition) is 1. The van der Waals surface area contributed by atoms with Crippen LogP contribution in [0.25, 0.3) is 0 Å². The van der Waals surface area contributed by atoms with Gasteiger partial charge in [0, 0.05) is 29.8 Å². The summed E-state index contributed by atoms with van der Waals surface area (Å²) >= 11 is 0. The van der Waals surface area contributed by atoms with Crippen molar-refractivity contribution in [2.45, 2.75) is 40.2 Å². The van der Waals surface area contributed by atoms with E-state index in [0.717, 1.165) is 5.69 Å². The quantitative estimate of drug-likeness (QED) is 0.920. The van der Waals surface area contributed by atoms with Crippen LogP contribution in [0.4, 0.5) is 4.39 Å². The van der Waals surface area contributed by atoms with E-state index in [1.165, 1.54) is 6.07 Å². The zero-order valence-electron chi connectivity index (χ0n) is 12.9. The Morgan fingerprint density at radius 1 is 1.38 bits per heavy atom. The molecular weight excluding hydrogens is 271 g/mol. The van der Waals surface area contributed by atoms with Gasteiger partial charge in [0.25, 0.3) is 5.56 Å². The molecule has 21 heavy (non-hydrogen) atoms. The second-order valence-electron chi connectivity index (χ2n) is 5.33. The van der Waals surface area contributed by atoms with Gasteiger partial charge in [0.2, 0.25) is 0 Å². The number of halogens is 1. The number of benzene rings is 1. The maximum absolute atomic E-state index is 14.1. The van der Waals surface area contributed by atoms with Crippen LogP contribution in [0.15, 0.2) is 23.0 Å². The molecular formula is C16H21FN2O2. The number of ether oxygens (including phenoxy) is 1. The lowest BCUT2D eigenvalue weighted by molar-refractivity contribution is 0.338. The fraction of sp³-hybridized carbons (Fsp3) is 0.438. The number of nitrogens with one attached hydrogen (secondary N) is 1. The molecule has 1 aromatic carbocycles. The molecule has 2 aromatic rings. The molecule has 4 nitrogen and oxygen atoms in total. The average Bonchev–Trinajstić information content (AvgIpc) is 2.70. The van der Waals surface area contributed by atoms with Crippen LogP contribution in [-0.4, -0.2) is 16.4 Å². The van der Waals surface area contributed by atoms with Crippen molar-refractivity contribution in [1.29, 1.82) is 0 Å². The number of aromatic nitrogens is 2. The van der Waals surface area contributed by atoms with Gasteiger partial charge in [0.15, 0.2) is 0 Å². The fourth-order valence-corrected chi connectivity index (χ4v) is 2.41. The van der Waals surface area contributed by atoms with Gasteiger partial charge in [0.1, 0.15) is 11.6 Å². The topological polar surface area (TPSA) is 47.0 Å². The molecule has 0 bridgehead atoms. The monoisotopic (exact) mass is 292 g/mol. The van der Waals surface area contributed by atoms with Crippen LogP contribution in [0.1, 0.15) is 43.6 Å². The van der Waals surface area contributed by atoms with Gasteiger partial charge in [-0.2, -0.15) is 0 Å². The van der Waals surface area contributed by atoms with Crippen molar-refractivity contribution in [3.63, 3.8) is 0 Å². The molecule has 1 aromatic heterocycles. The number of hydrogen-bond acceptors (Lipinski definition) is 2. The van der Waals surface area contributed by atoms with E-state index in [9.17, 15) is 9.18 Å². The third kappa shape index (κ3) is 3.17. The zero-order chi connectivity index (χ0) is 15.6. The van der Waals surface area contributed by atoms with Gasteiger partial charge in [-0.15, -0.1) is 0 Å². The second kappa shape index (κ2) is 6.16. The van der Waals surface area contributed by atoms with Gasteiger partial charge in [-0.1, -0.05) is 6.07 Å². The molecule has 0 atom stereocenters. The molecule has 0 saturated heterocycles.